The van der Waals surface area contributed by atoms with E-state index < -0.39 is 11.9 Å². The quantitative estimate of drug-likeness (QED) is 0.422. The number of carboxylic acids is 1. The van der Waals surface area contributed by atoms with Crippen molar-refractivity contribution in [1.29, 1.82) is 0 Å². The summed E-state index contributed by atoms with van der Waals surface area (Å²) < 4.78 is 7.68. The zero-order valence-corrected chi connectivity index (χ0v) is 18.2. The van der Waals surface area contributed by atoms with Crippen molar-refractivity contribution in [1.82, 2.24) is 14.9 Å². The van der Waals surface area contributed by atoms with Crippen molar-refractivity contribution in [3.63, 3.8) is 0 Å². The van der Waals surface area contributed by atoms with E-state index in [9.17, 15) is 14.7 Å². The lowest BCUT2D eigenvalue weighted by Crippen LogP contribution is -2.14. The number of aromatic carboxylic acids is 1. The molecule has 0 unspecified atom stereocenters. The fourth-order valence-electron chi connectivity index (χ4n) is 3.36. The predicted molar refractivity (Wildman–Crippen MR) is 118 cm³/mol. The summed E-state index contributed by atoms with van der Waals surface area (Å²) in [6, 6.07) is 16.2. The van der Waals surface area contributed by atoms with E-state index in [1.807, 2.05) is 37.3 Å². The molecular formula is C22H17BrN4O4. The predicted octanol–water partition coefficient (Wildman–Crippen LogP) is 4.86. The molecule has 156 valence electrons. The first-order valence-electron chi connectivity index (χ1n) is 9.28. The van der Waals surface area contributed by atoms with Gasteiger partial charge in [-0.15, -0.1) is 0 Å². The normalized spacial score (nSPS) is 10.8. The van der Waals surface area contributed by atoms with E-state index in [1.54, 1.807) is 35.9 Å². The highest BCUT2D eigenvalue weighted by Crippen LogP contribution is 2.34. The van der Waals surface area contributed by atoms with Crippen LogP contribution in [0.3, 0.4) is 0 Å². The minimum Gasteiger partial charge on any atom is -0.477 e. The minimum absolute atomic E-state index is 0.106. The van der Waals surface area contributed by atoms with Crippen LogP contribution in [-0.4, -0.2) is 31.9 Å². The molecule has 4 aromatic rings. The summed E-state index contributed by atoms with van der Waals surface area (Å²) in [6.07, 6.45) is 0. The number of carboxylic acid groups (broad SMARTS) is 1. The van der Waals surface area contributed by atoms with Gasteiger partial charge in [0.25, 0.3) is 5.91 Å². The summed E-state index contributed by atoms with van der Waals surface area (Å²) in [4.78, 5) is 24.6. The molecular weight excluding hydrogens is 464 g/mol. The average molecular weight is 481 g/mol. The van der Waals surface area contributed by atoms with Gasteiger partial charge in [0.1, 0.15) is 5.69 Å². The highest BCUT2D eigenvalue weighted by Gasteiger charge is 2.29. The Bertz CT molecular complexity index is 1290. The van der Waals surface area contributed by atoms with Crippen LogP contribution >= 0.6 is 15.9 Å². The average Bonchev–Trinajstić information content (AvgIpc) is 3.28. The Labute approximate surface area is 185 Å². The number of nitrogens with one attached hydrogen (secondary N) is 1. The second-order valence-corrected chi connectivity index (χ2v) is 7.71. The standard InChI is InChI=1S/C22H17BrN4O4/c1-12-17(13(2)27(25-12)16-9-4-3-5-10-16)19-18(22(29)30)21(31-26-19)24-20(28)14-7-6-8-15(23)11-14/h3-11H,1-2H3,(H,24,28)(H,29,30). The molecule has 0 saturated carbocycles. The van der Waals surface area contributed by atoms with E-state index in [4.69, 9.17) is 4.52 Å². The summed E-state index contributed by atoms with van der Waals surface area (Å²) >= 11 is 3.31. The molecule has 8 nitrogen and oxygen atoms in total. The molecule has 9 heteroatoms. The van der Waals surface area contributed by atoms with Crippen LogP contribution < -0.4 is 5.32 Å². The summed E-state index contributed by atoms with van der Waals surface area (Å²) in [5.74, 6) is -2.02. The summed E-state index contributed by atoms with van der Waals surface area (Å²) in [5.41, 5.74) is 2.86. The number of rotatable bonds is 5. The van der Waals surface area contributed by atoms with Crippen LogP contribution in [0.4, 0.5) is 5.88 Å². The topological polar surface area (TPSA) is 110 Å². The number of hydrogen-bond acceptors (Lipinski definition) is 5. The number of aromatic nitrogens is 3. The highest BCUT2D eigenvalue weighted by atomic mass is 79.9. The third-order valence-corrected chi connectivity index (χ3v) is 5.24. The molecule has 4 rings (SSSR count). The van der Waals surface area contributed by atoms with E-state index in [2.05, 4.69) is 31.5 Å². The molecule has 1 amide bonds. The van der Waals surface area contributed by atoms with Gasteiger partial charge in [0, 0.05) is 15.6 Å². The van der Waals surface area contributed by atoms with E-state index in [0.29, 0.717) is 22.5 Å². The smallest absolute Gasteiger partial charge is 0.343 e. The first kappa shape index (κ1) is 20.5. The Balaban J connectivity index is 1.76. The number of carbonyl (C=O) groups is 2. The molecule has 0 spiro atoms. The summed E-state index contributed by atoms with van der Waals surface area (Å²) in [5, 5.41) is 20.9. The van der Waals surface area contributed by atoms with Crippen LogP contribution in [-0.2, 0) is 0 Å². The van der Waals surface area contributed by atoms with Crippen molar-refractivity contribution in [2.45, 2.75) is 13.8 Å². The number of benzene rings is 2. The van der Waals surface area contributed by atoms with Crippen molar-refractivity contribution < 1.29 is 19.2 Å². The molecule has 2 aromatic heterocycles. The molecule has 2 heterocycles. The number of anilines is 1. The van der Waals surface area contributed by atoms with Gasteiger partial charge in [-0.05, 0) is 44.2 Å². The Morgan fingerprint density at radius 2 is 1.84 bits per heavy atom. The largest absolute Gasteiger partial charge is 0.477 e. The molecule has 0 atom stereocenters. The third kappa shape index (κ3) is 3.87. The SMILES string of the molecule is Cc1nn(-c2ccccc2)c(C)c1-c1noc(NC(=O)c2cccc(Br)c2)c1C(=O)O. The number of hydrogen-bond donors (Lipinski definition) is 2. The Kier molecular flexibility index (Phi) is 5.43. The van der Waals surface area contributed by atoms with Gasteiger partial charge in [-0.2, -0.15) is 5.10 Å². The van der Waals surface area contributed by atoms with E-state index in [-0.39, 0.29) is 17.1 Å². The second kappa shape index (κ2) is 8.19. The fraction of sp³-hybridized carbons (Fsp3) is 0.0909. The maximum atomic E-state index is 12.6. The van der Waals surface area contributed by atoms with Gasteiger partial charge in [-0.25, -0.2) is 9.48 Å². The van der Waals surface area contributed by atoms with E-state index >= 15 is 0 Å². The Morgan fingerprint density at radius 1 is 1.10 bits per heavy atom. The van der Waals surface area contributed by atoms with E-state index in [0.717, 1.165) is 10.2 Å². The summed E-state index contributed by atoms with van der Waals surface area (Å²) in [7, 11) is 0. The van der Waals surface area contributed by atoms with Crippen LogP contribution in [0.15, 0.2) is 63.6 Å². The van der Waals surface area contributed by atoms with Crippen molar-refractivity contribution in [3.05, 3.63) is 81.6 Å². The van der Waals surface area contributed by atoms with Gasteiger partial charge >= 0.3 is 5.97 Å². The molecule has 0 aliphatic heterocycles. The van der Waals surface area contributed by atoms with Gasteiger partial charge in [0.2, 0.25) is 5.88 Å². The van der Waals surface area contributed by atoms with E-state index in [1.165, 1.54) is 0 Å². The maximum absolute atomic E-state index is 12.6. The molecule has 0 radical (unpaired) electrons. The van der Waals surface area contributed by atoms with Gasteiger partial charge in [0.05, 0.1) is 17.1 Å². The summed E-state index contributed by atoms with van der Waals surface area (Å²) in [6.45, 7) is 3.59. The van der Waals surface area contributed by atoms with Crippen molar-refractivity contribution in [2.24, 2.45) is 0 Å². The number of carbonyl (C=O) groups excluding carboxylic acids is 1. The molecule has 0 saturated heterocycles. The third-order valence-electron chi connectivity index (χ3n) is 4.75. The van der Waals surface area contributed by atoms with Crippen molar-refractivity contribution in [3.8, 4) is 16.9 Å². The second-order valence-electron chi connectivity index (χ2n) is 6.80. The van der Waals surface area contributed by atoms with Crippen LogP contribution in [0.25, 0.3) is 16.9 Å². The monoisotopic (exact) mass is 480 g/mol. The lowest BCUT2D eigenvalue weighted by atomic mass is 10.1. The van der Waals surface area contributed by atoms with Crippen LogP contribution in [0, 0.1) is 13.8 Å². The maximum Gasteiger partial charge on any atom is 0.343 e. The van der Waals surface area contributed by atoms with Gasteiger partial charge in [-0.1, -0.05) is 45.4 Å². The number of aryl methyl sites for hydroxylation is 1. The zero-order chi connectivity index (χ0) is 22.1. The Morgan fingerprint density at radius 3 is 2.52 bits per heavy atom. The highest BCUT2D eigenvalue weighted by molar-refractivity contribution is 9.10. The molecule has 0 aliphatic carbocycles. The van der Waals surface area contributed by atoms with Gasteiger partial charge < -0.3 is 9.63 Å². The van der Waals surface area contributed by atoms with Crippen LogP contribution in [0.1, 0.15) is 32.1 Å². The first-order chi connectivity index (χ1) is 14.9. The minimum atomic E-state index is -1.27. The van der Waals surface area contributed by atoms with Gasteiger partial charge in [0.15, 0.2) is 5.56 Å². The lowest BCUT2D eigenvalue weighted by molar-refractivity contribution is 0.0698. The van der Waals surface area contributed by atoms with Crippen LogP contribution in [0.5, 0.6) is 0 Å². The molecule has 31 heavy (non-hydrogen) atoms. The molecule has 2 N–H and O–H groups in total. The molecule has 0 aliphatic rings. The fourth-order valence-corrected chi connectivity index (χ4v) is 3.75. The Hall–Kier alpha value is -3.72. The zero-order valence-electron chi connectivity index (χ0n) is 16.6. The van der Waals surface area contributed by atoms with Crippen molar-refractivity contribution in [2.75, 3.05) is 5.32 Å². The number of halogens is 1. The lowest BCUT2D eigenvalue weighted by Gasteiger charge is -2.05. The van der Waals surface area contributed by atoms with Crippen molar-refractivity contribution >= 4 is 33.7 Å². The van der Waals surface area contributed by atoms with Gasteiger partial charge in [-0.3, -0.25) is 10.1 Å². The number of amides is 1. The molecule has 2 aromatic carbocycles. The molecule has 0 fully saturated rings. The van der Waals surface area contributed by atoms with Crippen LogP contribution in [0.2, 0.25) is 0 Å². The molecule has 0 bridgehead atoms. The number of nitrogens with zero attached hydrogens (tertiary/aromatic N) is 3. The first-order valence-corrected chi connectivity index (χ1v) is 10.1. The number of para-hydroxylation sites is 1.